The lowest BCUT2D eigenvalue weighted by Gasteiger charge is -2.34. The first-order chi connectivity index (χ1) is 8.60. The van der Waals surface area contributed by atoms with Crippen molar-refractivity contribution < 1.29 is 23.0 Å². The van der Waals surface area contributed by atoms with Crippen LogP contribution in [0.3, 0.4) is 0 Å². The molecule has 2 N–H and O–H groups in total. The maximum atomic E-state index is 13.2. The lowest BCUT2D eigenvalue weighted by molar-refractivity contribution is -0.190. The fourth-order valence-corrected chi connectivity index (χ4v) is 2.23. The first-order valence-electron chi connectivity index (χ1n) is 5.39. The Bertz CT molecular complexity index is 481. The van der Waals surface area contributed by atoms with E-state index < -0.39 is 18.8 Å². The van der Waals surface area contributed by atoms with Crippen molar-refractivity contribution in [1.29, 1.82) is 0 Å². The second-order valence-electron chi connectivity index (χ2n) is 4.33. The van der Waals surface area contributed by atoms with Crippen LogP contribution in [0.2, 0.25) is 6.82 Å². The van der Waals surface area contributed by atoms with Gasteiger partial charge in [-0.05, 0) is 37.5 Å². The largest absolute Gasteiger partial charge is 0.437 e. The summed E-state index contributed by atoms with van der Waals surface area (Å²) in [5, 5.41) is 11.3. The topological polar surface area (TPSA) is 49.3 Å². The highest BCUT2D eigenvalue weighted by molar-refractivity contribution is 9.10. The molecule has 1 atom stereocenters. The molecule has 0 aliphatic carbocycles. The van der Waals surface area contributed by atoms with E-state index in [-0.39, 0.29) is 11.1 Å². The Balaban J connectivity index is 3.41. The van der Waals surface area contributed by atoms with Crippen LogP contribution < -0.4 is 5.23 Å². The van der Waals surface area contributed by atoms with Crippen LogP contribution in [0.5, 0.6) is 0 Å². The Labute approximate surface area is 117 Å². The molecule has 1 aromatic carbocycles. The van der Waals surface area contributed by atoms with E-state index in [0.29, 0.717) is 10.8 Å². The summed E-state index contributed by atoms with van der Waals surface area (Å²) in [6.07, 6.45) is -4.17. The van der Waals surface area contributed by atoms with Crippen LogP contribution in [0.25, 0.3) is 0 Å². The van der Waals surface area contributed by atoms with Gasteiger partial charge < -0.3 is 10.3 Å². The second-order valence-corrected chi connectivity index (χ2v) is 5.25. The molecule has 0 bridgehead atoms. The van der Waals surface area contributed by atoms with Crippen LogP contribution in [-0.2, 0) is 5.54 Å². The van der Waals surface area contributed by atoms with Crippen LogP contribution in [0.15, 0.2) is 22.7 Å². The minimum Gasteiger partial charge on any atom is -0.437 e. The van der Waals surface area contributed by atoms with E-state index in [4.69, 9.17) is 0 Å². The van der Waals surface area contributed by atoms with Gasteiger partial charge in [0, 0.05) is 10.0 Å². The highest BCUT2D eigenvalue weighted by Crippen LogP contribution is 2.39. The van der Waals surface area contributed by atoms with Crippen molar-refractivity contribution in [2.75, 3.05) is 0 Å². The number of benzene rings is 1. The number of halogens is 4. The average Bonchev–Trinajstić information content (AvgIpc) is 2.25. The minimum absolute atomic E-state index is 0.118. The summed E-state index contributed by atoms with van der Waals surface area (Å²) in [6.45, 7) is 2.11. The Morgan fingerprint density at radius 2 is 1.95 bits per heavy atom. The fraction of sp³-hybridized carbons (Fsp3) is 0.364. The molecular weight excluding hydrogens is 326 g/mol. The molecule has 3 nitrogen and oxygen atoms in total. The molecule has 0 heterocycles. The predicted molar refractivity (Wildman–Crippen MR) is 69.9 cm³/mol. The summed E-state index contributed by atoms with van der Waals surface area (Å²) in [5.74, 6) is 0. The molecule has 8 heteroatoms. The van der Waals surface area contributed by atoms with E-state index in [1.807, 2.05) is 0 Å². The SMILES string of the molecule is CB(O)NC(C)(c1cc(Br)cc(C=O)c1)C(F)(F)F. The van der Waals surface area contributed by atoms with Gasteiger partial charge in [0.1, 0.15) is 11.8 Å². The lowest BCUT2D eigenvalue weighted by atomic mass is 9.79. The van der Waals surface area contributed by atoms with Crippen LogP contribution in [0.1, 0.15) is 22.8 Å². The van der Waals surface area contributed by atoms with Gasteiger partial charge in [0.15, 0.2) is 0 Å². The normalized spacial score (nSPS) is 14.9. The van der Waals surface area contributed by atoms with E-state index >= 15 is 0 Å². The molecule has 0 spiro atoms. The molecule has 0 fully saturated rings. The van der Waals surface area contributed by atoms with Crippen LogP contribution in [-0.4, -0.2) is 24.5 Å². The van der Waals surface area contributed by atoms with Gasteiger partial charge in [-0.2, -0.15) is 13.2 Å². The summed E-state index contributed by atoms with van der Waals surface area (Å²) in [5.41, 5.74) is -2.49. The molecule has 0 radical (unpaired) electrons. The van der Waals surface area contributed by atoms with Crippen LogP contribution >= 0.6 is 15.9 Å². The van der Waals surface area contributed by atoms with Crippen molar-refractivity contribution in [2.45, 2.75) is 25.5 Å². The van der Waals surface area contributed by atoms with Gasteiger partial charge in [-0.3, -0.25) is 4.79 Å². The monoisotopic (exact) mass is 337 g/mol. The van der Waals surface area contributed by atoms with Gasteiger partial charge in [0.2, 0.25) is 0 Å². The number of hydrogen-bond acceptors (Lipinski definition) is 3. The summed E-state index contributed by atoms with van der Waals surface area (Å²) >= 11 is 3.06. The highest BCUT2D eigenvalue weighted by Gasteiger charge is 2.53. The highest BCUT2D eigenvalue weighted by atomic mass is 79.9. The first-order valence-corrected chi connectivity index (χ1v) is 6.18. The molecule has 0 amide bonds. The lowest BCUT2D eigenvalue weighted by Crippen LogP contribution is -2.56. The molecule has 1 rings (SSSR count). The summed E-state index contributed by atoms with van der Waals surface area (Å²) < 4.78 is 40.1. The molecule has 0 aliphatic heterocycles. The van der Waals surface area contributed by atoms with Crippen molar-refractivity contribution in [3.63, 3.8) is 0 Å². The number of carbonyl (C=O) groups excluding carboxylic acids is 1. The van der Waals surface area contributed by atoms with E-state index in [0.717, 1.165) is 13.0 Å². The Hall–Kier alpha value is -0.855. The van der Waals surface area contributed by atoms with Gasteiger partial charge in [-0.15, -0.1) is 0 Å². The molecule has 0 aliphatic rings. The molecule has 0 saturated carbocycles. The quantitative estimate of drug-likeness (QED) is 0.656. The van der Waals surface area contributed by atoms with Gasteiger partial charge in [-0.25, -0.2) is 0 Å². The van der Waals surface area contributed by atoms with Crippen LogP contribution in [0.4, 0.5) is 13.2 Å². The molecule has 0 aromatic heterocycles. The van der Waals surface area contributed by atoms with Crippen molar-refractivity contribution in [3.8, 4) is 0 Å². The standard InChI is InChI=1S/C11H12BBrF3NO2/c1-10(11(14,15)16,17-12(2)19)8-3-7(6-18)4-9(13)5-8/h3-6,17,19H,1-2H3. The maximum absolute atomic E-state index is 13.2. The third kappa shape index (κ3) is 3.58. The third-order valence-corrected chi connectivity index (χ3v) is 3.16. The van der Waals surface area contributed by atoms with Gasteiger partial charge in [-0.1, -0.05) is 15.9 Å². The van der Waals surface area contributed by atoms with E-state index in [2.05, 4.69) is 21.2 Å². The molecule has 1 aromatic rings. The average molecular weight is 338 g/mol. The third-order valence-electron chi connectivity index (χ3n) is 2.70. The minimum atomic E-state index is -4.63. The Morgan fingerprint density at radius 3 is 2.37 bits per heavy atom. The van der Waals surface area contributed by atoms with Crippen molar-refractivity contribution in [2.24, 2.45) is 0 Å². The number of rotatable bonds is 4. The van der Waals surface area contributed by atoms with Crippen molar-refractivity contribution in [3.05, 3.63) is 33.8 Å². The number of hydrogen-bond donors (Lipinski definition) is 2. The first kappa shape index (κ1) is 16.2. The number of carbonyl (C=O) groups is 1. The molecule has 0 saturated heterocycles. The number of alkyl halides is 3. The Morgan fingerprint density at radius 1 is 1.37 bits per heavy atom. The summed E-state index contributed by atoms with van der Waals surface area (Å²) in [7, 11) is -1.36. The number of aldehydes is 1. The fourth-order valence-electron chi connectivity index (χ4n) is 1.72. The molecule has 104 valence electrons. The Kier molecular flexibility index (Phi) is 4.81. The molecule has 19 heavy (non-hydrogen) atoms. The van der Waals surface area contributed by atoms with Crippen molar-refractivity contribution in [1.82, 2.24) is 5.23 Å². The van der Waals surface area contributed by atoms with E-state index in [9.17, 15) is 23.0 Å². The summed E-state index contributed by atoms with van der Waals surface area (Å²) in [4.78, 5) is 10.7. The van der Waals surface area contributed by atoms with Gasteiger partial charge in [0.25, 0.3) is 0 Å². The van der Waals surface area contributed by atoms with Gasteiger partial charge in [0.05, 0.1) is 0 Å². The zero-order valence-electron chi connectivity index (χ0n) is 10.3. The zero-order valence-corrected chi connectivity index (χ0v) is 11.8. The van der Waals surface area contributed by atoms with Crippen molar-refractivity contribution >= 4 is 29.3 Å². The van der Waals surface area contributed by atoms with E-state index in [1.165, 1.54) is 19.0 Å². The second kappa shape index (κ2) is 5.64. The van der Waals surface area contributed by atoms with E-state index in [1.54, 1.807) is 0 Å². The number of nitrogens with one attached hydrogen (secondary N) is 1. The molecule has 1 unspecified atom stereocenters. The van der Waals surface area contributed by atoms with Crippen LogP contribution in [0, 0.1) is 0 Å². The zero-order chi connectivity index (χ0) is 14.8. The predicted octanol–water partition coefficient (Wildman–Crippen LogP) is 2.74. The smallest absolute Gasteiger partial charge is 0.409 e. The molecular formula is C11H12BBrF3NO2. The maximum Gasteiger partial charge on any atom is 0.409 e. The van der Waals surface area contributed by atoms with Gasteiger partial charge >= 0.3 is 13.2 Å². The summed E-state index contributed by atoms with van der Waals surface area (Å²) in [6, 6.07) is 3.81.